The van der Waals surface area contributed by atoms with Gasteiger partial charge in [0.05, 0.1) is 0 Å². The van der Waals surface area contributed by atoms with Gasteiger partial charge in [-0.05, 0) is 44.8 Å². The molecule has 0 aromatic carbocycles. The van der Waals surface area contributed by atoms with Crippen LogP contribution >= 0.6 is 0 Å². The van der Waals surface area contributed by atoms with Crippen molar-refractivity contribution < 1.29 is 9.53 Å². The topological polar surface area (TPSA) is 29.6 Å². The third-order valence-electron chi connectivity index (χ3n) is 4.36. The Balaban J connectivity index is 2.42. The number of ether oxygens (including phenoxy) is 1. The molecule has 2 unspecified atom stereocenters. The van der Waals surface area contributed by atoms with Crippen LogP contribution in [0.3, 0.4) is 0 Å². The molecule has 2 atom stereocenters. The summed E-state index contributed by atoms with van der Waals surface area (Å²) in [6.07, 6.45) is 6.04. The first-order valence-corrected chi connectivity index (χ1v) is 5.72. The molecule has 0 spiro atoms. The number of fused-ring (bicyclic) bond motifs is 1. The van der Waals surface area contributed by atoms with Gasteiger partial charge in [0, 0.05) is 5.41 Å². The summed E-state index contributed by atoms with van der Waals surface area (Å²) in [5.41, 5.74) is 1.02. The van der Waals surface area contributed by atoms with Gasteiger partial charge in [0.15, 0.2) is 0 Å². The lowest BCUT2D eigenvalue weighted by molar-refractivity contribution is -0.104. The van der Waals surface area contributed by atoms with Gasteiger partial charge in [-0.3, -0.25) is 4.79 Å². The number of allylic oxidation sites excluding steroid dienone is 1. The molecule has 2 rings (SSSR count). The summed E-state index contributed by atoms with van der Waals surface area (Å²) in [6.45, 7) is 8.70. The minimum absolute atomic E-state index is 0.0294. The third-order valence-corrected chi connectivity index (χ3v) is 4.36. The third kappa shape index (κ3) is 1.17. The SMILES string of the molecule is C/C(=C\C=O)C12OC1(C)CCCC2(C)C. The summed E-state index contributed by atoms with van der Waals surface area (Å²) < 4.78 is 6.06. The predicted molar refractivity (Wildman–Crippen MR) is 59.7 cm³/mol. The van der Waals surface area contributed by atoms with Crippen molar-refractivity contribution in [2.45, 2.75) is 58.2 Å². The van der Waals surface area contributed by atoms with Crippen molar-refractivity contribution in [2.24, 2.45) is 5.41 Å². The molecular weight excluding hydrogens is 188 g/mol. The molecule has 1 saturated heterocycles. The van der Waals surface area contributed by atoms with E-state index in [0.717, 1.165) is 18.3 Å². The van der Waals surface area contributed by atoms with Crippen molar-refractivity contribution >= 4 is 6.29 Å². The molecular formula is C13H20O2. The first-order valence-electron chi connectivity index (χ1n) is 5.72. The highest BCUT2D eigenvalue weighted by molar-refractivity contribution is 5.67. The molecule has 15 heavy (non-hydrogen) atoms. The molecule has 2 fully saturated rings. The normalized spacial score (nSPS) is 43.3. The van der Waals surface area contributed by atoms with Gasteiger partial charge >= 0.3 is 0 Å². The van der Waals surface area contributed by atoms with Crippen LogP contribution in [0.5, 0.6) is 0 Å². The molecule has 0 aromatic rings. The number of hydrogen-bond donors (Lipinski definition) is 0. The van der Waals surface area contributed by atoms with Crippen molar-refractivity contribution in [3.63, 3.8) is 0 Å². The summed E-state index contributed by atoms with van der Waals surface area (Å²) in [5.74, 6) is 0. The fraction of sp³-hybridized carbons (Fsp3) is 0.769. The fourth-order valence-electron chi connectivity index (χ4n) is 3.69. The van der Waals surface area contributed by atoms with E-state index in [1.54, 1.807) is 6.08 Å². The molecule has 0 aromatic heterocycles. The van der Waals surface area contributed by atoms with E-state index in [2.05, 4.69) is 20.8 Å². The van der Waals surface area contributed by atoms with Crippen LogP contribution in [-0.2, 0) is 9.53 Å². The van der Waals surface area contributed by atoms with E-state index in [1.165, 1.54) is 12.8 Å². The molecule has 2 heteroatoms. The summed E-state index contributed by atoms with van der Waals surface area (Å²) in [5, 5.41) is 0. The van der Waals surface area contributed by atoms with Gasteiger partial charge in [0.1, 0.15) is 17.5 Å². The zero-order chi connectivity index (χ0) is 11.3. The number of carbonyl (C=O) groups excluding carboxylic acids is 1. The number of hydrogen-bond acceptors (Lipinski definition) is 2. The Morgan fingerprint density at radius 1 is 1.27 bits per heavy atom. The van der Waals surface area contributed by atoms with Crippen molar-refractivity contribution in [1.29, 1.82) is 0 Å². The highest BCUT2D eigenvalue weighted by Crippen LogP contribution is 2.68. The van der Waals surface area contributed by atoms with Gasteiger partial charge in [-0.2, -0.15) is 0 Å². The second-order valence-electron chi connectivity index (χ2n) is 5.74. The molecule has 84 valence electrons. The first kappa shape index (κ1) is 10.9. The predicted octanol–water partition coefficient (Wildman–Crippen LogP) is 2.87. The summed E-state index contributed by atoms with van der Waals surface area (Å²) >= 11 is 0. The lowest BCUT2D eigenvalue weighted by Crippen LogP contribution is -2.43. The minimum atomic E-state index is -0.181. The number of rotatable bonds is 2. The molecule has 2 nitrogen and oxygen atoms in total. The lowest BCUT2D eigenvalue weighted by atomic mass is 9.61. The molecule has 0 bridgehead atoms. The highest BCUT2D eigenvalue weighted by atomic mass is 16.6. The van der Waals surface area contributed by atoms with Crippen LogP contribution in [0.25, 0.3) is 0 Å². The van der Waals surface area contributed by atoms with E-state index in [1.807, 2.05) is 6.92 Å². The van der Waals surface area contributed by atoms with Crippen LogP contribution in [-0.4, -0.2) is 17.5 Å². The average Bonchev–Trinajstić information content (AvgIpc) is 2.75. The molecule has 1 heterocycles. The van der Waals surface area contributed by atoms with Crippen LogP contribution < -0.4 is 0 Å². The van der Waals surface area contributed by atoms with E-state index >= 15 is 0 Å². The molecule has 1 saturated carbocycles. The first-order chi connectivity index (χ1) is 6.90. The summed E-state index contributed by atoms with van der Waals surface area (Å²) in [7, 11) is 0. The van der Waals surface area contributed by atoms with Gasteiger partial charge in [-0.1, -0.05) is 13.8 Å². The van der Waals surface area contributed by atoms with Gasteiger partial charge in [-0.15, -0.1) is 0 Å². The summed E-state index contributed by atoms with van der Waals surface area (Å²) in [4.78, 5) is 10.6. The highest BCUT2D eigenvalue weighted by Gasteiger charge is 2.75. The maximum Gasteiger partial charge on any atom is 0.142 e. The molecule has 1 aliphatic heterocycles. The van der Waals surface area contributed by atoms with Crippen LogP contribution in [0.4, 0.5) is 0 Å². The van der Waals surface area contributed by atoms with Crippen LogP contribution in [0, 0.1) is 5.41 Å². The Bertz CT molecular complexity index is 329. The van der Waals surface area contributed by atoms with E-state index in [9.17, 15) is 4.79 Å². The monoisotopic (exact) mass is 208 g/mol. The van der Waals surface area contributed by atoms with E-state index in [4.69, 9.17) is 4.74 Å². The lowest BCUT2D eigenvalue weighted by Gasteiger charge is -2.38. The average molecular weight is 208 g/mol. The van der Waals surface area contributed by atoms with Crippen LogP contribution in [0.2, 0.25) is 0 Å². The summed E-state index contributed by atoms with van der Waals surface area (Å²) in [6, 6.07) is 0. The molecule has 1 aliphatic carbocycles. The Morgan fingerprint density at radius 2 is 1.93 bits per heavy atom. The Hall–Kier alpha value is -0.630. The second-order valence-corrected chi connectivity index (χ2v) is 5.74. The van der Waals surface area contributed by atoms with Gasteiger partial charge in [-0.25, -0.2) is 0 Å². The Morgan fingerprint density at radius 3 is 2.47 bits per heavy atom. The number of carbonyl (C=O) groups is 1. The van der Waals surface area contributed by atoms with Crippen molar-refractivity contribution in [3.05, 3.63) is 11.6 Å². The smallest absolute Gasteiger partial charge is 0.142 e. The second kappa shape index (κ2) is 2.94. The van der Waals surface area contributed by atoms with E-state index in [-0.39, 0.29) is 16.6 Å². The maximum atomic E-state index is 10.6. The van der Waals surface area contributed by atoms with Gasteiger partial charge in [0.2, 0.25) is 0 Å². The number of epoxide rings is 1. The van der Waals surface area contributed by atoms with Crippen LogP contribution in [0.15, 0.2) is 11.6 Å². The Kier molecular flexibility index (Phi) is 2.13. The van der Waals surface area contributed by atoms with Crippen LogP contribution in [0.1, 0.15) is 47.0 Å². The van der Waals surface area contributed by atoms with Crippen molar-refractivity contribution in [3.8, 4) is 0 Å². The Labute approximate surface area is 91.7 Å². The zero-order valence-electron chi connectivity index (χ0n) is 10.1. The van der Waals surface area contributed by atoms with Gasteiger partial charge in [0.25, 0.3) is 0 Å². The van der Waals surface area contributed by atoms with Gasteiger partial charge < -0.3 is 4.74 Å². The van der Waals surface area contributed by atoms with E-state index in [0.29, 0.717) is 0 Å². The largest absolute Gasteiger partial charge is 0.357 e. The van der Waals surface area contributed by atoms with Crippen molar-refractivity contribution in [1.82, 2.24) is 0 Å². The zero-order valence-corrected chi connectivity index (χ0v) is 10.1. The standard InChI is InChI=1S/C13H20O2/c1-10(6-9-14)13-11(2,3)7-5-8-12(13,4)15-13/h6,9H,5,7-8H2,1-4H3/b10-6+. The van der Waals surface area contributed by atoms with Crippen molar-refractivity contribution in [2.75, 3.05) is 0 Å². The minimum Gasteiger partial charge on any atom is -0.357 e. The molecule has 2 aliphatic rings. The molecule has 0 radical (unpaired) electrons. The molecule has 0 amide bonds. The maximum absolute atomic E-state index is 10.6. The van der Waals surface area contributed by atoms with E-state index < -0.39 is 0 Å². The number of aldehydes is 1. The fourth-order valence-corrected chi connectivity index (χ4v) is 3.69. The molecule has 0 N–H and O–H groups in total. The quantitative estimate of drug-likeness (QED) is 0.397.